The SMILES string of the molecule is C1CCC(C2OC3CCNCC3O2)C1. The zero-order valence-electron chi connectivity index (χ0n) is 8.58. The molecule has 3 aliphatic rings. The Morgan fingerprint density at radius 3 is 2.50 bits per heavy atom. The first-order chi connectivity index (χ1) is 6.93. The molecular formula is C11H19NO2. The van der Waals surface area contributed by atoms with Gasteiger partial charge in [0.2, 0.25) is 0 Å². The second-order valence-corrected chi connectivity index (χ2v) is 4.75. The summed E-state index contributed by atoms with van der Waals surface area (Å²) in [5.74, 6) is 0.681. The van der Waals surface area contributed by atoms with Crippen LogP contribution in [0.2, 0.25) is 0 Å². The predicted molar refractivity (Wildman–Crippen MR) is 53.0 cm³/mol. The lowest BCUT2D eigenvalue weighted by Crippen LogP contribution is -2.41. The van der Waals surface area contributed by atoms with E-state index < -0.39 is 0 Å². The van der Waals surface area contributed by atoms with Crippen LogP contribution >= 0.6 is 0 Å². The van der Waals surface area contributed by atoms with Gasteiger partial charge in [0, 0.05) is 12.5 Å². The van der Waals surface area contributed by atoms with E-state index in [0.717, 1.165) is 19.5 Å². The highest BCUT2D eigenvalue weighted by atomic mass is 16.7. The number of fused-ring (bicyclic) bond motifs is 1. The fourth-order valence-corrected chi connectivity index (χ4v) is 2.93. The molecule has 3 heteroatoms. The van der Waals surface area contributed by atoms with E-state index >= 15 is 0 Å². The van der Waals surface area contributed by atoms with E-state index in [1.54, 1.807) is 0 Å². The number of hydrogen-bond donors (Lipinski definition) is 1. The largest absolute Gasteiger partial charge is 0.346 e. The Labute approximate surface area is 85.1 Å². The Bertz CT molecular complexity index is 189. The summed E-state index contributed by atoms with van der Waals surface area (Å²) >= 11 is 0. The van der Waals surface area contributed by atoms with Crippen molar-refractivity contribution in [2.75, 3.05) is 13.1 Å². The van der Waals surface area contributed by atoms with Crippen LogP contribution in [-0.2, 0) is 9.47 Å². The molecule has 0 bridgehead atoms. The molecule has 14 heavy (non-hydrogen) atoms. The van der Waals surface area contributed by atoms with E-state index in [9.17, 15) is 0 Å². The normalized spacial score (nSPS) is 44.1. The number of rotatable bonds is 1. The van der Waals surface area contributed by atoms with Crippen molar-refractivity contribution in [1.29, 1.82) is 0 Å². The molecule has 3 unspecified atom stereocenters. The van der Waals surface area contributed by atoms with Gasteiger partial charge >= 0.3 is 0 Å². The molecule has 0 spiro atoms. The van der Waals surface area contributed by atoms with Crippen LogP contribution in [0.3, 0.4) is 0 Å². The number of nitrogens with one attached hydrogen (secondary N) is 1. The van der Waals surface area contributed by atoms with E-state index in [2.05, 4.69) is 5.32 Å². The maximum absolute atomic E-state index is 5.99. The maximum atomic E-state index is 5.99. The summed E-state index contributed by atoms with van der Waals surface area (Å²) in [5, 5.41) is 3.36. The van der Waals surface area contributed by atoms with Crippen LogP contribution < -0.4 is 5.32 Å². The smallest absolute Gasteiger partial charge is 0.161 e. The van der Waals surface area contributed by atoms with Gasteiger partial charge in [0.05, 0.1) is 12.2 Å². The monoisotopic (exact) mass is 197 g/mol. The van der Waals surface area contributed by atoms with E-state index in [0.29, 0.717) is 18.1 Å². The summed E-state index contributed by atoms with van der Waals surface area (Å²) in [7, 11) is 0. The minimum Gasteiger partial charge on any atom is -0.346 e. The first-order valence-corrected chi connectivity index (χ1v) is 5.95. The molecule has 3 atom stereocenters. The second-order valence-electron chi connectivity index (χ2n) is 4.75. The average Bonchev–Trinajstić information content (AvgIpc) is 2.86. The minimum atomic E-state index is 0.118. The highest BCUT2D eigenvalue weighted by Gasteiger charge is 2.41. The Balaban J connectivity index is 1.61. The average molecular weight is 197 g/mol. The third kappa shape index (κ3) is 1.58. The quantitative estimate of drug-likeness (QED) is 0.687. The lowest BCUT2D eigenvalue weighted by atomic mass is 10.1. The van der Waals surface area contributed by atoms with Gasteiger partial charge in [0.1, 0.15) is 0 Å². The molecular weight excluding hydrogens is 178 g/mol. The van der Waals surface area contributed by atoms with E-state index in [1.165, 1.54) is 25.7 Å². The molecule has 3 rings (SSSR count). The van der Waals surface area contributed by atoms with Crippen LogP contribution in [0.4, 0.5) is 0 Å². The highest BCUT2D eigenvalue weighted by molar-refractivity contribution is 4.86. The molecule has 0 aromatic carbocycles. The van der Waals surface area contributed by atoms with Crippen molar-refractivity contribution < 1.29 is 9.47 Å². The summed E-state index contributed by atoms with van der Waals surface area (Å²) in [6, 6.07) is 0. The van der Waals surface area contributed by atoms with E-state index in [4.69, 9.17) is 9.47 Å². The van der Waals surface area contributed by atoms with Crippen LogP contribution in [0.5, 0.6) is 0 Å². The third-order valence-corrected chi connectivity index (χ3v) is 3.77. The molecule has 3 nitrogen and oxygen atoms in total. The van der Waals surface area contributed by atoms with Crippen LogP contribution in [0.25, 0.3) is 0 Å². The van der Waals surface area contributed by atoms with Gasteiger partial charge in [-0.25, -0.2) is 0 Å². The lowest BCUT2D eigenvalue weighted by Gasteiger charge is -2.22. The number of hydrogen-bond acceptors (Lipinski definition) is 3. The van der Waals surface area contributed by atoms with Gasteiger partial charge in [-0.05, 0) is 25.8 Å². The van der Waals surface area contributed by atoms with Crippen molar-refractivity contribution in [3.63, 3.8) is 0 Å². The van der Waals surface area contributed by atoms with Gasteiger partial charge in [-0.2, -0.15) is 0 Å². The van der Waals surface area contributed by atoms with Crippen molar-refractivity contribution in [2.45, 2.75) is 50.6 Å². The Morgan fingerprint density at radius 2 is 1.71 bits per heavy atom. The fourth-order valence-electron chi connectivity index (χ4n) is 2.93. The van der Waals surface area contributed by atoms with E-state index in [1.807, 2.05) is 0 Å². The van der Waals surface area contributed by atoms with Gasteiger partial charge in [-0.3, -0.25) is 0 Å². The van der Waals surface area contributed by atoms with E-state index in [-0.39, 0.29) is 6.29 Å². The summed E-state index contributed by atoms with van der Waals surface area (Å²) in [6.45, 7) is 2.07. The minimum absolute atomic E-state index is 0.118. The van der Waals surface area contributed by atoms with Crippen molar-refractivity contribution in [2.24, 2.45) is 5.92 Å². The second kappa shape index (κ2) is 3.80. The Kier molecular flexibility index (Phi) is 2.48. The van der Waals surface area contributed by atoms with Crippen molar-refractivity contribution in [1.82, 2.24) is 5.32 Å². The van der Waals surface area contributed by atoms with Crippen LogP contribution in [0.1, 0.15) is 32.1 Å². The van der Waals surface area contributed by atoms with Crippen molar-refractivity contribution in [3.05, 3.63) is 0 Å². The predicted octanol–water partition coefficient (Wildman–Crippen LogP) is 1.28. The molecule has 3 fully saturated rings. The molecule has 1 N–H and O–H groups in total. The molecule has 0 aromatic heterocycles. The van der Waals surface area contributed by atoms with Gasteiger partial charge < -0.3 is 14.8 Å². The molecule has 1 saturated carbocycles. The summed E-state index contributed by atoms with van der Waals surface area (Å²) in [4.78, 5) is 0. The third-order valence-electron chi connectivity index (χ3n) is 3.77. The van der Waals surface area contributed by atoms with Crippen molar-refractivity contribution >= 4 is 0 Å². The van der Waals surface area contributed by atoms with Gasteiger partial charge in [0.15, 0.2) is 6.29 Å². The van der Waals surface area contributed by atoms with Crippen molar-refractivity contribution in [3.8, 4) is 0 Å². The zero-order chi connectivity index (χ0) is 9.38. The molecule has 0 aromatic rings. The first-order valence-electron chi connectivity index (χ1n) is 5.95. The highest BCUT2D eigenvalue weighted by Crippen LogP contribution is 2.35. The number of ether oxygens (including phenoxy) is 2. The van der Waals surface area contributed by atoms with Gasteiger partial charge in [0.25, 0.3) is 0 Å². The molecule has 1 aliphatic carbocycles. The summed E-state index contributed by atoms with van der Waals surface area (Å²) in [6.07, 6.45) is 7.27. The van der Waals surface area contributed by atoms with Gasteiger partial charge in [-0.15, -0.1) is 0 Å². The van der Waals surface area contributed by atoms with Crippen LogP contribution in [-0.4, -0.2) is 31.6 Å². The summed E-state index contributed by atoms with van der Waals surface area (Å²) < 4.78 is 12.0. The molecule has 0 radical (unpaired) electrons. The van der Waals surface area contributed by atoms with Gasteiger partial charge in [-0.1, -0.05) is 12.8 Å². The number of piperidine rings is 1. The molecule has 2 heterocycles. The molecule has 80 valence electrons. The molecule has 2 saturated heterocycles. The molecule has 0 amide bonds. The Hall–Kier alpha value is -0.120. The van der Waals surface area contributed by atoms with Crippen LogP contribution in [0, 0.1) is 5.92 Å². The molecule has 2 aliphatic heterocycles. The summed E-state index contributed by atoms with van der Waals surface area (Å²) in [5.41, 5.74) is 0. The van der Waals surface area contributed by atoms with Crippen LogP contribution in [0.15, 0.2) is 0 Å². The lowest BCUT2D eigenvalue weighted by molar-refractivity contribution is -0.101. The first kappa shape index (κ1) is 9.13. The zero-order valence-corrected chi connectivity index (χ0v) is 8.58. The Morgan fingerprint density at radius 1 is 0.929 bits per heavy atom. The topological polar surface area (TPSA) is 30.5 Å². The standard InChI is InChI=1S/C11H19NO2/c1-2-4-8(3-1)11-13-9-5-6-12-7-10(9)14-11/h8-12H,1-7H2. The maximum Gasteiger partial charge on any atom is 0.161 e. The fraction of sp³-hybridized carbons (Fsp3) is 1.00.